The number of nitrogens with zero attached hydrogens (tertiary/aromatic N) is 4. The molecule has 1 aromatic heterocycles. The standard InChI is InChI=1S/C19H19N5O3/c1-12-4-9-17(13(2)10-12)21-18(25)14(3)27-19(26)15-5-7-16(8-6-15)24-11-20-22-23-24/h4-11,14H,1-3H3,(H,21,25)/t14-/m0/s1. The number of aryl methyl sites for hydroxylation is 2. The van der Waals surface area contributed by atoms with Gasteiger partial charge in [0.05, 0.1) is 11.3 Å². The van der Waals surface area contributed by atoms with E-state index in [1.165, 1.54) is 17.9 Å². The van der Waals surface area contributed by atoms with Crippen molar-refractivity contribution < 1.29 is 14.3 Å². The monoisotopic (exact) mass is 365 g/mol. The predicted molar refractivity (Wildman–Crippen MR) is 98.6 cm³/mol. The third-order valence-corrected chi connectivity index (χ3v) is 4.01. The van der Waals surface area contributed by atoms with Crippen LogP contribution in [0.5, 0.6) is 0 Å². The Hall–Kier alpha value is -3.55. The summed E-state index contributed by atoms with van der Waals surface area (Å²) in [4.78, 5) is 24.6. The molecule has 8 heteroatoms. The molecule has 1 atom stereocenters. The summed E-state index contributed by atoms with van der Waals surface area (Å²) in [6.07, 6.45) is 0.518. The molecule has 0 saturated carbocycles. The van der Waals surface area contributed by atoms with E-state index >= 15 is 0 Å². The second kappa shape index (κ2) is 7.77. The number of anilines is 1. The summed E-state index contributed by atoms with van der Waals surface area (Å²) in [7, 11) is 0. The van der Waals surface area contributed by atoms with Crippen molar-refractivity contribution in [1.29, 1.82) is 0 Å². The highest BCUT2D eigenvalue weighted by molar-refractivity contribution is 5.97. The maximum atomic E-state index is 12.3. The van der Waals surface area contributed by atoms with Gasteiger partial charge in [-0.25, -0.2) is 9.48 Å². The molecule has 3 aromatic rings. The molecule has 0 fully saturated rings. The van der Waals surface area contributed by atoms with Gasteiger partial charge in [0.25, 0.3) is 5.91 Å². The average molecular weight is 365 g/mol. The highest BCUT2D eigenvalue weighted by Gasteiger charge is 2.19. The van der Waals surface area contributed by atoms with Crippen LogP contribution >= 0.6 is 0 Å². The maximum absolute atomic E-state index is 12.3. The normalized spacial score (nSPS) is 11.7. The molecule has 0 unspecified atom stereocenters. The third-order valence-electron chi connectivity index (χ3n) is 4.01. The minimum atomic E-state index is -0.933. The Labute approximate surface area is 156 Å². The van der Waals surface area contributed by atoms with Gasteiger partial charge in [-0.05, 0) is 67.1 Å². The van der Waals surface area contributed by atoms with Crippen LogP contribution in [0.3, 0.4) is 0 Å². The van der Waals surface area contributed by atoms with Crippen molar-refractivity contribution in [3.63, 3.8) is 0 Å². The number of carbonyl (C=O) groups excluding carboxylic acids is 2. The van der Waals surface area contributed by atoms with Crippen molar-refractivity contribution in [3.05, 3.63) is 65.5 Å². The number of esters is 1. The number of tetrazole rings is 1. The lowest BCUT2D eigenvalue weighted by molar-refractivity contribution is -0.123. The summed E-state index contributed by atoms with van der Waals surface area (Å²) in [5.74, 6) is -0.970. The fourth-order valence-corrected chi connectivity index (χ4v) is 2.50. The molecule has 1 amide bonds. The lowest BCUT2D eigenvalue weighted by Crippen LogP contribution is -2.30. The molecule has 1 heterocycles. The predicted octanol–water partition coefficient (Wildman–Crippen LogP) is 2.46. The van der Waals surface area contributed by atoms with Gasteiger partial charge >= 0.3 is 5.97 Å². The molecule has 0 spiro atoms. The molecule has 8 nitrogen and oxygen atoms in total. The Morgan fingerprint density at radius 2 is 1.85 bits per heavy atom. The van der Waals surface area contributed by atoms with Crippen molar-refractivity contribution in [3.8, 4) is 5.69 Å². The van der Waals surface area contributed by atoms with Crippen LogP contribution in [0.25, 0.3) is 5.69 Å². The summed E-state index contributed by atoms with van der Waals surface area (Å²) in [6, 6.07) is 12.3. The van der Waals surface area contributed by atoms with E-state index in [4.69, 9.17) is 4.74 Å². The summed E-state index contributed by atoms with van der Waals surface area (Å²) >= 11 is 0. The maximum Gasteiger partial charge on any atom is 0.338 e. The van der Waals surface area contributed by atoms with Gasteiger partial charge in [0, 0.05) is 5.69 Å². The summed E-state index contributed by atoms with van der Waals surface area (Å²) in [6.45, 7) is 5.42. The number of rotatable bonds is 5. The van der Waals surface area contributed by atoms with Gasteiger partial charge in [-0.15, -0.1) is 5.10 Å². The minimum Gasteiger partial charge on any atom is -0.449 e. The highest BCUT2D eigenvalue weighted by atomic mass is 16.5. The first-order valence-corrected chi connectivity index (χ1v) is 8.36. The fourth-order valence-electron chi connectivity index (χ4n) is 2.50. The fraction of sp³-hybridized carbons (Fsp3) is 0.211. The molecular formula is C19H19N5O3. The Kier molecular flexibility index (Phi) is 5.25. The number of nitrogens with one attached hydrogen (secondary N) is 1. The number of hydrogen-bond donors (Lipinski definition) is 1. The van der Waals surface area contributed by atoms with E-state index in [2.05, 4.69) is 20.8 Å². The Bertz CT molecular complexity index is 952. The Balaban J connectivity index is 1.62. The second-order valence-corrected chi connectivity index (χ2v) is 6.16. The van der Waals surface area contributed by atoms with Crippen LogP contribution in [0.15, 0.2) is 48.8 Å². The van der Waals surface area contributed by atoms with Gasteiger partial charge in [0.2, 0.25) is 0 Å². The molecule has 0 aliphatic rings. The van der Waals surface area contributed by atoms with E-state index in [0.29, 0.717) is 16.9 Å². The molecule has 0 radical (unpaired) electrons. The van der Waals surface area contributed by atoms with E-state index in [1.807, 2.05) is 32.0 Å². The van der Waals surface area contributed by atoms with Crippen LogP contribution in [-0.2, 0) is 9.53 Å². The SMILES string of the molecule is Cc1ccc(NC(=O)[C@H](C)OC(=O)c2ccc(-n3cnnn3)cc2)c(C)c1. The molecule has 0 bridgehead atoms. The molecule has 0 saturated heterocycles. The second-order valence-electron chi connectivity index (χ2n) is 6.16. The number of benzene rings is 2. The van der Waals surface area contributed by atoms with Gasteiger partial charge in [-0.3, -0.25) is 4.79 Å². The molecule has 1 N–H and O–H groups in total. The number of aromatic nitrogens is 4. The van der Waals surface area contributed by atoms with Gasteiger partial charge < -0.3 is 10.1 Å². The number of carbonyl (C=O) groups is 2. The zero-order valence-corrected chi connectivity index (χ0v) is 15.2. The van der Waals surface area contributed by atoms with E-state index in [9.17, 15) is 9.59 Å². The lowest BCUT2D eigenvalue weighted by atomic mass is 10.1. The van der Waals surface area contributed by atoms with Gasteiger partial charge in [-0.2, -0.15) is 0 Å². The first kappa shape index (κ1) is 18.2. The van der Waals surface area contributed by atoms with E-state index < -0.39 is 12.1 Å². The van der Waals surface area contributed by atoms with Crippen molar-refractivity contribution in [2.45, 2.75) is 26.9 Å². The molecule has 0 aliphatic heterocycles. The average Bonchev–Trinajstić information content (AvgIpc) is 3.18. The molecule has 2 aromatic carbocycles. The van der Waals surface area contributed by atoms with Crippen LogP contribution in [0.4, 0.5) is 5.69 Å². The highest BCUT2D eigenvalue weighted by Crippen LogP contribution is 2.17. The number of ether oxygens (including phenoxy) is 1. The topological polar surface area (TPSA) is 99.0 Å². The molecule has 0 aliphatic carbocycles. The van der Waals surface area contributed by atoms with E-state index in [-0.39, 0.29) is 5.91 Å². The van der Waals surface area contributed by atoms with Crippen molar-refractivity contribution >= 4 is 17.6 Å². The van der Waals surface area contributed by atoms with Crippen LogP contribution in [0.2, 0.25) is 0 Å². The van der Waals surface area contributed by atoms with Gasteiger partial charge in [0.1, 0.15) is 6.33 Å². The molecule has 138 valence electrons. The zero-order chi connectivity index (χ0) is 19.4. The third kappa shape index (κ3) is 4.35. The van der Waals surface area contributed by atoms with Crippen molar-refractivity contribution in [2.75, 3.05) is 5.32 Å². The first-order chi connectivity index (χ1) is 12.9. The smallest absolute Gasteiger partial charge is 0.338 e. The van der Waals surface area contributed by atoms with Crippen LogP contribution in [0, 0.1) is 13.8 Å². The van der Waals surface area contributed by atoms with E-state index in [0.717, 1.165) is 11.1 Å². The summed E-state index contributed by atoms with van der Waals surface area (Å²) < 4.78 is 6.73. The Morgan fingerprint density at radius 1 is 1.11 bits per heavy atom. The van der Waals surface area contributed by atoms with Crippen LogP contribution in [0.1, 0.15) is 28.4 Å². The molecule has 27 heavy (non-hydrogen) atoms. The minimum absolute atomic E-state index is 0.331. The lowest BCUT2D eigenvalue weighted by Gasteiger charge is -2.15. The van der Waals surface area contributed by atoms with Gasteiger partial charge in [-0.1, -0.05) is 17.7 Å². The summed E-state index contributed by atoms with van der Waals surface area (Å²) in [5, 5.41) is 13.7. The number of hydrogen-bond acceptors (Lipinski definition) is 6. The largest absolute Gasteiger partial charge is 0.449 e. The van der Waals surface area contributed by atoms with Gasteiger partial charge in [0.15, 0.2) is 6.10 Å². The first-order valence-electron chi connectivity index (χ1n) is 8.36. The quantitative estimate of drug-likeness (QED) is 0.697. The zero-order valence-electron chi connectivity index (χ0n) is 15.2. The van der Waals surface area contributed by atoms with Crippen molar-refractivity contribution in [2.24, 2.45) is 0 Å². The summed E-state index contributed by atoms with van der Waals surface area (Å²) in [5.41, 5.74) is 3.78. The van der Waals surface area contributed by atoms with E-state index in [1.54, 1.807) is 24.3 Å². The van der Waals surface area contributed by atoms with Crippen LogP contribution < -0.4 is 5.32 Å². The number of amides is 1. The van der Waals surface area contributed by atoms with Crippen molar-refractivity contribution in [1.82, 2.24) is 20.2 Å². The Morgan fingerprint density at radius 3 is 2.48 bits per heavy atom. The van der Waals surface area contributed by atoms with Crippen LogP contribution in [-0.4, -0.2) is 38.2 Å². The molecule has 3 rings (SSSR count). The molecular weight excluding hydrogens is 346 g/mol.